The first-order valence-corrected chi connectivity index (χ1v) is 6.61. The highest BCUT2D eigenvalue weighted by atomic mass is 35.5. The van der Waals surface area contributed by atoms with Crippen molar-refractivity contribution in [3.05, 3.63) is 56.7 Å². The van der Waals surface area contributed by atoms with E-state index in [-0.39, 0.29) is 5.56 Å². The van der Waals surface area contributed by atoms with Crippen LogP contribution in [0.4, 0.5) is 8.78 Å². The third-order valence-electron chi connectivity index (χ3n) is 2.64. The standard InChI is InChI=1S/C13H11ClF2OS/c14-10-5-6-18-12(10)7-11(17)8-1-3-9(4-2-8)13(15)16/h1-6,11,13,17H,7H2. The smallest absolute Gasteiger partial charge is 0.263 e. The fourth-order valence-electron chi connectivity index (χ4n) is 1.63. The third kappa shape index (κ3) is 3.07. The second-order valence-corrected chi connectivity index (χ2v) is 5.29. The molecular weight excluding hydrogens is 278 g/mol. The van der Waals surface area contributed by atoms with E-state index in [0.29, 0.717) is 17.0 Å². The third-order valence-corrected chi connectivity index (χ3v) is 4.05. The highest BCUT2D eigenvalue weighted by Gasteiger charge is 2.13. The first-order valence-electron chi connectivity index (χ1n) is 5.36. The minimum absolute atomic E-state index is 0.0416. The van der Waals surface area contributed by atoms with Crippen LogP contribution in [0.2, 0.25) is 5.02 Å². The van der Waals surface area contributed by atoms with Crippen molar-refractivity contribution in [1.82, 2.24) is 0 Å². The van der Waals surface area contributed by atoms with Gasteiger partial charge in [0, 0.05) is 16.9 Å². The maximum Gasteiger partial charge on any atom is 0.263 e. The molecule has 1 N–H and O–H groups in total. The molecule has 2 aromatic rings. The van der Waals surface area contributed by atoms with Gasteiger partial charge in [-0.2, -0.15) is 0 Å². The lowest BCUT2D eigenvalue weighted by Gasteiger charge is -2.11. The summed E-state index contributed by atoms with van der Waals surface area (Å²) in [5.41, 5.74) is 0.573. The Bertz CT molecular complexity index is 510. The van der Waals surface area contributed by atoms with Crippen molar-refractivity contribution in [2.75, 3.05) is 0 Å². The average Bonchev–Trinajstić information content (AvgIpc) is 2.75. The number of hydrogen-bond acceptors (Lipinski definition) is 2. The summed E-state index contributed by atoms with van der Waals surface area (Å²) in [5, 5.41) is 12.5. The van der Waals surface area contributed by atoms with E-state index < -0.39 is 12.5 Å². The van der Waals surface area contributed by atoms with E-state index in [1.54, 1.807) is 6.07 Å². The Morgan fingerprint density at radius 3 is 2.22 bits per heavy atom. The van der Waals surface area contributed by atoms with Gasteiger partial charge in [0.2, 0.25) is 0 Å². The molecule has 0 saturated heterocycles. The van der Waals surface area contributed by atoms with Crippen LogP contribution in [0.5, 0.6) is 0 Å². The molecule has 0 bridgehead atoms. The van der Waals surface area contributed by atoms with Crippen molar-refractivity contribution in [3.63, 3.8) is 0 Å². The maximum absolute atomic E-state index is 12.4. The molecule has 1 unspecified atom stereocenters. The van der Waals surface area contributed by atoms with Crippen LogP contribution in [0.1, 0.15) is 28.5 Å². The van der Waals surface area contributed by atoms with Gasteiger partial charge in [-0.25, -0.2) is 8.78 Å². The molecule has 1 atom stereocenters. The average molecular weight is 289 g/mol. The van der Waals surface area contributed by atoms with Gasteiger partial charge in [-0.15, -0.1) is 11.3 Å². The zero-order valence-corrected chi connectivity index (χ0v) is 10.9. The van der Waals surface area contributed by atoms with E-state index in [4.69, 9.17) is 11.6 Å². The molecule has 96 valence electrons. The second kappa shape index (κ2) is 5.78. The summed E-state index contributed by atoms with van der Waals surface area (Å²) in [6.45, 7) is 0. The number of rotatable bonds is 4. The lowest BCUT2D eigenvalue weighted by Crippen LogP contribution is -2.01. The van der Waals surface area contributed by atoms with Crippen molar-refractivity contribution >= 4 is 22.9 Å². The molecule has 0 radical (unpaired) electrons. The summed E-state index contributed by atoms with van der Waals surface area (Å²) in [7, 11) is 0. The molecule has 0 aliphatic heterocycles. The first kappa shape index (κ1) is 13.5. The highest BCUT2D eigenvalue weighted by Crippen LogP contribution is 2.28. The Hall–Kier alpha value is -0.970. The van der Waals surface area contributed by atoms with E-state index in [0.717, 1.165) is 4.88 Å². The van der Waals surface area contributed by atoms with Crippen molar-refractivity contribution < 1.29 is 13.9 Å². The van der Waals surface area contributed by atoms with Crippen LogP contribution in [0, 0.1) is 0 Å². The molecule has 0 saturated carbocycles. The minimum Gasteiger partial charge on any atom is -0.388 e. The number of thiophene rings is 1. The molecule has 18 heavy (non-hydrogen) atoms. The fourth-order valence-corrected chi connectivity index (χ4v) is 2.78. The van der Waals surface area contributed by atoms with Crippen LogP contribution in [0.3, 0.4) is 0 Å². The number of aliphatic hydroxyl groups is 1. The Morgan fingerprint density at radius 2 is 1.72 bits per heavy atom. The van der Waals surface area contributed by atoms with Crippen molar-refractivity contribution in [1.29, 1.82) is 0 Å². The van der Waals surface area contributed by atoms with Gasteiger partial charge in [-0.05, 0) is 17.0 Å². The van der Waals surface area contributed by atoms with E-state index in [2.05, 4.69) is 0 Å². The summed E-state index contributed by atoms with van der Waals surface area (Å²) in [6, 6.07) is 7.48. The molecule has 1 aromatic heterocycles. The van der Waals surface area contributed by atoms with Crippen LogP contribution in [-0.2, 0) is 6.42 Å². The maximum atomic E-state index is 12.4. The van der Waals surface area contributed by atoms with Crippen LogP contribution in [0.25, 0.3) is 0 Å². The van der Waals surface area contributed by atoms with Crippen LogP contribution in [0.15, 0.2) is 35.7 Å². The zero-order chi connectivity index (χ0) is 13.1. The first-order chi connectivity index (χ1) is 8.58. The number of alkyl halides is 2. The topological polar surface area (TPSA) is 20.2 Å². The summed E-state index contributed by atoms with van der Waals surface area (Å²) in [5.74, 6) is 0. The van der Waals surface area contributed by atoms with Crippen LogP contribution >= 0.6 is 22.9 Å². The normalized spacial score (nSPS) is 12.9. The number of aliphatic hydroxyl groups excluding tert-OH is 1. The molecule has 1 nitrogen and oxygen atoms in total. The van der Waals surface area contributed by atoms with Gasteiger partial charge in [-0.1, -0.05) is 35.9 Å². The van der Waals surface area contributed by atoms with Gasteiger partial charge in [0.05, 0.1) is 11.1 Å². The molecule has 1 heterocycles. The molecule has 0 spiro atoms. The summed E-state index contributed by atoms with van der Waals surface area (Å²) >= 11 is 7.41. The molecule has 0 aliphatic carbocycles. The quantitative estimate of drug-likeness (QED) is 0.871. The van der Waals surface area contributed by atoms with Crippen LogP contribution < -0.4 is 0 Å². The van der Waals surface area contributed by atoms with E-state index >= 15 is 0 Å². The van der Waals surface area contributed by atoms with Gasteiger partial charge in [0.1, 0.15) is 0 Å². The molecule has 5 heteroatoms. The predicted molar refractivity (Wildman–Crippen MR) is 69.4 cm³/mol. The lowest BCUT2D eigenvalue weighted by atomic mass is 10.0. The summed E-state index contributed by atoms with van der Waals surface area (Å²) in [6.07, 6.45) is -2.82. The lowest BCUT2D eigenvalue weighted by molar-refractivity contribution is 0.151. The van der Waals surface area contributed by atoms with E-state index in [9.17, 15) is 13.9 Å². The van der Waals surface area contributed by atoms with Gasteiger partial charge in [0.25, 0.3) is 6.43 Å². The Balaban J connectivity index is 2.09. The summed E-state index contributed by atoms with van der Waals surface area (Å²) < 4.78 is 24.8. The molecule has 0 fully saturated rings. The van der Waals surface area contributed by atoms with E-state index in [1.165, 1.54) is 35.6 Å². The highest BCUT2D eigenvalue weighted by molar-refractivity contribution is 7.10. The number of benzene rings is 1. The number of halogens is 3. The Kier molecular flexibility index (Phi) is 4.32. The minimum atomic E-state index is -2.48. The van der Waals surface area contributed by atoms with Gasteiger partial charge in [-0.3, -0.25) is 0 Å². The monoisotopic (exact) mass is 288 g/mol. The largest absolute Gasteiger partial charge is 0.388 e. The fraction of sp³-hybridized carbons (Fsp3) is 0.231. The number of hydrogen-bond donors (Lipinski definition) is 1. The molecule has 2 rings (SSSR count). The van der Waals surface area contributed by atoms with E-state index in [1.807, 2.05) is 5.38 Å². The van der Waals surface area contributed by atoms with Crippen LogP contribution in [-0.4, -0.2) is 5.11 Å². The van der Waals surface area contributed by atoms with Gasteiger partial charge >= 0.3 is 0 Å². The molecule has 1 aromatic carbocycles. The molecule has 0 amide bonds. The molecular formula is C13H11ClF2OS. The Labute approximate surface area is 113 Å². The summed E-state index contributed by atoms with van der Waals surface area (Å²) in [4.78, 5) is 0.891. The van der Waals surface area contributed by atoms with Crippen molar-refractivity contribution in [3.8, 4) is 0 Å². The Morgan fingerprint density at radius 1 is 1.11 bits per heavy atom. The zero-order valence-electron chi connectivity index (χ0n) is 9.32. The SMILES string of the molecule is OC(Cc1sccc1Cl)c1ccc(C(F)F)cc1. The van der Waals surface area contributed by atoms with Gasteiger partial charge < -0.3 is 5.11 Å². The predicted octanol–water partition coefficient (Wildman–Crippen LogP) is 4.62. The van der Waals surface area contributed by atoms with Crippen molar-refractivity contribution in [2.24, 2.45) is 0 Å². The van der Waals surface area contributed by atoms with Crippen molar-refractivity contribution in [2.45, 2.75) is 19.0 Å². The molecule has 0 aliphatic rings. The van der Waals surface area contributed by atoms with Gasteiger partial charge in [0.15, 0.2) is 0 Å². The second-order valence-electron chi connectivity index (χ2n) is 3.88.